The molecule has 0 aliphatic heterocycles. The number of thiazole rings is 1. The van der Waals surface area contributed by atoms with Crippen molar-refractivity contribution in [2.75, 3.05) is 39.2 Å². The molecule has 0 unspecified atom stereocenters. The molecule has 164 valence electrons. The van der Waals surface area contributed by atoms with Crippen molar-refractivity contribution in [2.24, 2.45) is 0 Å². The summed E-state index contributed by atoms with van der Waals surface area (Å²) in [5.41, 5.74) is 2.60. The predicted molar refractivity (Wildman–Crippen MR) is 129 cm³/mol. The lowest BCUT2D eigenvalue weighted by molar-refractivity contribution is 0.0979. The zero-order valence-corrected chi connectivity index (χ0v) is 20.0. The van der Waals surface area contributed by atoms with E-state index in [9.17, 15) is 4.79 Å². The van der Waals surface area contributed by atoms with Crippen LogP contribution in [0.25, 0.3) is 15.9 Å². The Labute approximate surface area is 195 Å². The fraction of sp³-hybridized carbons (Fsp3) is 0.286. The molecule has 0 saturated heterocycles. The molecule has 1 aromatic carbocycles. The Kier molecular flexibility index (Phi) is 7.06. The minimum absolute atomic E-state index is 0. The maximum atomic E-state index is 13.7. The molecule has 10 heteroatoms. The highest BCUT2D eigenvalue weighted by Crippen LogP contribution is 2.39. The number of carbonyl (C=O) groups is 1. The molecule has 7 nitrogen and oxygen atoms in total. The number of ether oxygens (including phenoxy) is 1. The highest BCUT2D eigenvalue weighted by molar-refractivity contribution is 7.23. The zero-order valence-electron chi connectivity index (χ0n) is 17.6. The summed E-state index contributed by atoms with van der Waals surface area (Å²) in [6.45, 7) is 3.01. The SMILES string of the molecule is COc1ccc(Cl)c2sc(N(CCN(C)C)C(=O)c3c(C)nc4ccccn34)nc12.Cl. The van der Waals surface area contributed by atoms with E-state index in [1.54, 1.807) is 24.1 Å². The normalized spacial score (nSPS) is 11.2. The number of nitrogens with zero attached hydrogens (tertiary/aromatic N) is 5. The Bertz CT molecular complexity index is 1240. The van der Waals surface area contributed by atoms with Crippen LogP contribution in [0.4, 0.5) is 5.13 Å². The summed E-state index contributed by atoms with van der Waals surface area (Å²) >= 11 is 7.79. The molecule has 0 spiro atoms. The Balaban J connectivity index is 0.00000272. The molecule has 0 saturated carbocycles. The van der Waals surface area contributed by atoms with Gasteiger partial charge in [0.05, 0.1) is 22.5 Å². The van der Waals surface area contributed by atoms with Gasteiger partial charge >= 0.3 is 0 Å². The van der Waals surface area contributed by atoms with Crippen LogP contribution in [0.2, 0.25) is 5.02 Å². The smallest absolute Gasteiger partial charge is 0.279 e. The van der Waals surface area contributed by atoms with E-state index in [4.69, 9.17) is 21.3 Å². The Hall–Kier alpha value is -2.39. The van der Waals surface area contributed by atoms with Gasteiger partial charge in [-0.15, -0.1) is 12.4 Å². The van der Waals surface area contributed by atoms with Crippen LogP contribution < -0.4 is 9.64 Å². The van der Waals surface area contributed by atoms with E-state index < -0.39 is 0 Å². The summed E-state index contributed by atoms with van der Waals surface area (Å²) in [5, 5.41) is 1.16. The summed E-state index contributed by atoms with van der Waals surface area (Å²) in [4.78, 5) is 26.7. The van der Waals surface area contributed by atoms with E-state index in [1.165, 1.54) is 11.3 Å². The molecule has 0 aliphatic carbocycles. The van der Waals surface area contributed by atoms with Crippen LogP contribution >= 0.6 is 35.3 Å². The van der Waals surface area contributed by atoms with Gasteiger partial charge in [-0.05, 0) is 45.3 Å². The van der Waals surface area contributed by atoms with Crippen LogP contribution in [0.5, 0.6) is 5.75 Å². The van der Waals surface area contributed by atoms with Crippen molar-refractivity contribution in [3.63, 3.8) is 0 Å². The van der Waals surface area contributed by atoms with E-state index in [0.717, 1.165) is 10.3 Å². The summed E-state index contributed by atoms with van der Waals surface area (Å²) in [6.07, 6.45) is 1.85. The number of carbonyl (C=O) groups excluding carboxylic acids is 1. The van der Waals surface area contributed by atoms with Gasteiger partial charge < -0.3 is 9.64 Å². The lowest BCUT2D eigenvalue weighted by Crippen LogP contribution is -2.37. The molecule has 0 atom stereocenters. The second-order valence-corrected chi connectivity index (χ2v) is 8.54. The Morgan fingerprint density at radius 2 is 1.97 bits per heavy atom. The number of rotatable bonds is 6. The molecule has 3 heterocycles. The van der Waals surface area contributed by atoms with E-state index >= 15 is 0 Å². The minimum Gasteiger partial charge on any atom is -0.494 e. The average molecular weight is 480 g/mol. The van der Waals surface area contributed by atoms with Crippen LogP contribution in [0, 0.1) is 6.92 Å². The van der Waals surface area contributed by atoms with E-state index in [1.807, 2.05) is 54.7 Å². The second-order valence-electron chi connectivity index (χ2n) is 7.16. The number of methoxy groups -OCH3 is 1. The number of halogens is 2. The third-order valence-electron chi connectivity index (χ3n) is 4.82. The van der Waals surface area contributed by atoms with Gasteiger partial charge in [0.25, 0.3) is 5.91 Å². The quantitative estimate of drug-likeness (QED) is 0.406. The van der Waals surface area contributed by atoms with Crippen molar-refractivity contribution >= 4 is 62.2 Å². The molecule has 0 aliphatic rings. The van der Waals surface area contributed by atoms with Crippen LogP contribution in [-0.4, -0.2) is 59.5 Å². The molecule has 31 heavy (non-hydrogen) atoms. The van der Waals surface area contributed by atoms with Crippen molar-refractivity contribution in [2.45, 2.75) is 6.92 Å². The first-order valence-electron chi connectivity index (χ1n) is 9.44. The molecule has 0 fully saturated rings. The van der Waals surface area contributed by atoms with Gasteiger partial charge in [-0.3, -0.25) is 14.1 Å². The highest BCUT2D eigenvalue weighted by atomic mass is 35.5. The maximum absolute atomic E-state index is 13.7. The molecule has 0 N–H and O–H groups in total. The van der Waals surface area contributed by atoms with Gasteiger partial charge in [-0.1, -0.05) is 29.0 Å². The first kappa shape index (κ1) is 23.3. The van der Waals surface area contributed by atoms with Crippen LogP contribution in [-0.2, 0) is 0 Å². The first-order chi connectivity index (χ1) is 14.4. The topological polar surface area (TPSA) is 63.0 Å². The number of imidazole rings is 1. The second kappa shape index (κ2) is 9.40. The number of hydrogen-bond donors (Lipinski definition) is 0. The molecular formula is C21H23Cl2N5O2S. The Morgan fingerprint density at radius 1 is 1.19 bits per heavy atom. The fourth-order valence-corrected chi connectivity index (χ4v) is 4.58. The predicted octanol–water partition coefficient (Wildman–Crippen LogP) is 4.54. The number of benzene rings is 1. The number of aromatic nitrogens is 3. The van der Waals surface area contributed by atoms with Gasteiger partial charge in [-0.25, -0.2) is 9.97 Å². The number of likely N-dealkylation sites (N-methyl/N-ethyl adjacent to an activating group) is 1. The highest BCUT2D eigenvalue weighted by Gasteiger charge is 2.27. The van der Waals surface area contributed by atoms with Crippen molar-refractivity contribution in [1.29, 1.82) is 0 Å². The van der Waals surface area contributed by atoms with Gasteiger partial charge in [-0.2, -0.15) is 0 Å². The van der Waals surface area contributed by atoms with Crippen LogP contribution in [0.15, 0.2) is 36.5 Å². The zero-order chi connectivity index (χ0) is 21.4. The number of hydrogen-bond acceptors (Lipinski definition) is 6. The minimum atomic E-state index is -0.151. The largest absolute Gasteiger partial charge is 0.494 e. The van der Waals surface area contributed by atoms with Gasteiger partial charge in [0.2, 0.25) is 0 Å². The summed E-state index contributed by atoms with van der Waals surface area (Å²) in [5.74, 6) is 0.477. The molecule has 0 bridgehead atoms. The first-order valence-corrected chi connectivity index (χ1v) is 10.6. The van der Waals surface area contributed by atoms with Crippen molar-refractivity contribution < 1.29 is 9.53 Å². The molecule has 1 amide bonds. The Morgan fingerprint density at radius 3 is 2.68 bits per heavy atom. The third kappa shape index (κ3) is 4.34. The summed E-state index contributed by atoms with van der Waals surface area (Å²) in [6, 6.07) is 9.25. The number of fused-ring (bicyclic) bond motifs is 2. The molecule has 4 rings (SSSR count). The number of aryl methyl sites for hydroxylation is 1. The van der Waals surface area contributed by atoms with Crippen LogP contribution in [0.1, 0.15) is 16.2 Å². The van der Waals surface area contributed by atoms with Gasteiger partial charge in [0.15, 0.2) is 5.13 Å². The van der Waals surface area contributed by atoms with Gasteiger partial charge in [0.1, 0.15) is 22.6 Å². The number of amides is 1. The number of anilines is 1. The molecule has 4 aromatic rings. The summed E-state index contributed by atoms with van der Waals surface area (Å²) in [7, 11) is 5.54. The summed E-state index contributed by atoms with van der Waals surface area (Å²) < 4.78 is 8.06. The van der Waals surface area contributed by atoms with E-state index in [2.05, 4.69) is 4.98 Å². The van der Waals surface area contributed by atoms with Crippen LogP contribution in [0.3, 0.4) is 0 Å². The molecule has 3 aromatic heterocycles. The lowest BCUT2D eigenvalue weighted by atomic mass is 10.3. The third-order valence-corrected chi connectivity index (χ3v) is 6.36. The van der Waals surface area contributed by atoms with E-state index in [-0.39, 0.29) is 18.3 Å². The maximum Gasteiger partial charge on any atom is 0.279 e. The molecular weight excluding hydrogens is 457 g/mol. The standard InChI is InChI=1S/C21H22ClN5O2S.ClH/c1-13-18(26-10-6-5-7-16(26)23-13)20(28)27(12-11-25(2)3)21-24-17-15(29-4)9-8-14(22)19(17)30-21;/h5-10H,11-12H2,1-4H3;1H. The van der Waals surface area contributed by atoms with E-state index in [0.29, 0.717) is 45.9 Å². The monoisotopic (exact) mass is 479 g/mol. The fourth-order valence-electron chi connectivity index (χ4n) is 3.30. The molecule has 0 radical (unpaired) electrons. The average Bonchev–Trinajstić information content (AvgIpc) is 3.29. The van der Waals surface area contributed by atoms with Crippen molar-refractivity contribution in [3.05, 3.63) is 52.9 Å². The van der Waals surface area contributed by atoms with Crippen molar-refractivity contribution in [3.8, 4) is 5.75 Å². The number of pyridine rings is 1. The van der Waals surface area contributed by atoms with Crippen molar-refractivity contribution in [1.82, 2.24) is 19.3 Å². The van der Waals surface area contributed by atoms with Gasteiger partial charge in [0, 0.05) is 19.3 Å². The lowest BCUT2D eigenvalue weighted by Gasteiger charge is -2.22.